The zero-order valence-corrected chi connectivity index (χ0v) is 10.6. The summed E-state index contributed by atoms with van der Waals surface area (Å²) in [4.78, 5) is 3.88. The van der Waals surface area contributed by atoms with E-state index < -0.39 is 17.8 Å². The number of aliphatic hydroxyl groups excluding tert-OH is 1. The number of alkyl halides is 3. The molecule has 5 heteroatoms. The van der Waals surface area contributed by atoms with E-state index in [4.69, 9.17) is 0 Å². The summed E-state index contributed by atoms with van der Waals surface area (Å²) in [6.07, 6.45) is -1.06. The normalized spacial score (nSPS) is 13.2. The van der Waals surface area contributed by atoms with Crippen molar-refractivity contribution in [3.8, 4) is 0 Å². The number of nitrogens with zero attached hydrogens (tertiary/aromatic N) is 1. The van der Waals surface area contributed by atoms with Crippen LogP contribution in [0.1, 0.15) is 29.2 Å². The van der Waals surface area contributed by atoms with Crippen molar-refractivity contribution in [3.63, 3.8) is 0 Å². The maximum atomic E-state index is 12.6. The van der Waals surface area contributed by atoms with E-state index in [1.54, 1.807) is 12.4 Å². The molecule has 1 aromatic carbocycles. The zero-order chi connectivity index (χ0) is 14.6. The fourth-order valence-electron chi connectivity index (χ4n) is 1.94. The zero-order valence-electron chi connectivity index (χ0n) is 10.6. The molecule has 0 bridgehead atoms. The van der Waals surface area contributed by atoms with E-state index in [0.717, 1.165) is 17.7 Å². The average molecular weight is 281 g/mol. The minimum atomic E-state index is -4.39. The number of aromatic nitrogens is 1. The van der Waals surface area contributed by atoms with Crippen molar-refractivity contribution in [1.82, 2.24) is 4.98 Å². The lowest BCUT2D eigenvalue weighted by molar-refractivity contribution is -0.137. The Hall–Kier alpha value is -1.88. The second-order valence-corrected chi connectivity index (χ2v) is 4.53. The van der Waals surface area contributed by atoms with Gasteiger partial charge in [0.05, 0.1) is 11.7 Å². The van der Waals surface area contributed by atoms with Gasteiger partial charge in [0, 0.05) is 12.4 Å². The molecule has 1 N–H and O–H groups in total. The summed E-state index contributed by atoms with van der Waals surface area (Å²) < 4.78 is 37.8. The van der Waals surface area contributed by atoms with Crippen LogP contribution in [0, 0.1) is 0 Å². The van der Waals surface area contributed by atoms with Crippen LogP contribution in [-0.2, 0) is 12.6 Å². The van der Waals surface area contributed by atoms with Crippen LogP contribution in [0.25, 0.3) is 0 Å². The maximum Gasteiger partial charge on any atom is 0.416 e. The van der Waals surface area contributed by atoms with Gasteiger partial charge in [-0.05, 0) is 48.2 Å². The van der Waals surface area contributed by atoms with E-state index in [1.807, 2.05) is 12.1 Å². The molecule has 0 spiro atoms. The molecule has 0 fully saturated rings. The topological polar surface area (TPSA) is 33.1 Å². The summed E-state index contributed by atoms with van der Waals surface area (Å²) in [5.74, 6) is 0. The number of aryl methyl sites for hydroxylation is 1. The van der Waals surface area contributed by atoms with Gasteiger partial charge in [0.2, 0.25) is 0 Å². The number of benzene rings is 1. The molecule has 1 aromatic heterocycles. The highest BCUT2D eigenvalue weighted by Gasteiger charge is 2.30. The highest BCUT2D eigenvalue weighted by molar-refractivity contribution is 5.27. The number of aliphatic hydroxyl groups is 1. The van der Waals surface area contributed by atoms with Crippen molar-refractivity contribution in [2.45, 2.75) is 25.1 Å². The van der Waals surface area contributed by atoms with E-state index in [9.17, 15) is 18.3 Å². The summed E-state index contributed by atoms with van der Waals surface area (Å²) in [5.41, 5.74) is 0.540. The number of hydrogen-bond acceptors (Lipinski definition) is 2. The lowest BCUT2D eigenvalue weighted by atomic mass is 10.00. The van der Waals surface area contributed by atoms with E-state index in [-0.39, 0.29) is 5.56 Å². The number of pyridine rings is 1. The Labute approximate surface area is 114 Å². The SMILES string of the molecule is OC(CCc1ccncc1)c1cccc(C(F)(F)F)c1. The number of hydrogen-bond donors (Lipinski definition) is 1. The molecule has 1 unspecified atom stereocenters. The van der Waals surface area contributed by atoms with E-state index in [2.05, 4.69) is 4.98 Å². The van der Waals surface area contributed by atoms with Gasteiger partial charge >= 0.3 is 6.18 Å². The molecule has 2 nitrogen and oxygen atoms in total. The Morgan fingerprint density at radius 1 is 1.10 bits per heavy atom. The van der Waals surface area contributed by atoms with Crippen LogP contribution < -0.4 is 0 Å². The fraction of sp³-hybridized carbons (Fsp3) is 0.267. The molecule has 106 valence electrons. The Kier molecular flexibility index (Phi) is 4.39. The van der Waals surface area contributed by atoms with Gasteiger partial charge in [0.1, 0.15) is 0 Å². The van der Waals surface area contributed by atoms with Crippen molar-refractivity contribution < 1.29 is 18.3 Å². The van der Waals surface area contributed by atoms with Gasteiger partial charge in [-0.1, -0.05) is 12.1 Å². The summed E-state index contributed by atoms with van der Waals surface area (Å²) >= 11 is 0. The van der Waals surface area contributed by atoms with Crippen molar-refractivity contribution in [2.24, 2.45) is 0 Å². The fourth-order valence-corrected chi connectivity index (χ4v) is 1.94. The largest absolute Gasteiger partial charge is 0.416 e. The van der Waals surface area contributed by atoms with Gasteiger partial charge in [-0.2, -0.15) is 13.2 Å². The molecule has 2 rings (SSSR count). The van der Waals surface area contributed by atoms with Crippen LogP contribution >= 0.6 is 0 Å². The van der Waals surface area contributed by atoms with Crippen LogP contribution in [0.4, 0.5) is 13.2 Å². The van der Waals surface area contributed by atoms with Gasteiger partial charge in [0.15, 0.2) is 0 Å². The summed E-state index contributed by atoms with van der Waals surface area (Å²) in [5, 5.41) is 9.99. The molecule has 0 radical (unpaired) electrons. The summed E-state index contributed by atoms with van der Waals surface area (Å²) in [6, 6.07) is 8.45. The highest BCUT2D eigenvalue weighted by Crippen LogP contribution is 2.31. The first-order valence-corrected chi connectivity index (χ1v) is 6.21. The minimum absolute atomic E-state index is 0.286. The second-order valence-electron chi connectivity index (χ2n) is 4.53. The third-order valence-corrected chi connectivity index (χ3v) is 3.05. The first-order valence-electron chi connectivity index (χ1n) is 6.21. The van der Waals surface area contributed by atoms with Crippen molar-refractivity contribution in [3.05, 3.63) is 65.5 Å². The monoisotopic (exact) mass is 281 g/mol. The lowest BCUT2D eigenvalue weighted by Crippen LogP contribution is -2.07. The van der Waals surface area contributed by atoms with Crippen LogP contribution in [0.5, 0.6) is 0 Å². The van der Waals surface area contributed by atoms with Gasteiger partial charge in [0.25, 0.3) is 0 Å². The highest BCUT2D eigenvalue weighted by atomic mass is 19.4. The van der Waals surface area contributed by atoms with Gasteiger partial charge in [-0.15, -0.1) is 0 Å². The molecular formula is C15H14F3NO. The quantitative estimate of drug-likeness (QED) is 0.925. The average Bonchev–Trinajstić information content (AvgIpc) is 2.45. The molecule has 0 amide bonds. The molecule has 0 aliphatic heterocycles. The first kappa shape index (κ1) is 14.5. The predicted octanol–water partition coefficient (Wildman–Crippen LogP) is 3.77. The smallest absolute Gasteiger partial charge is 0.388 e. The molecule has 0 saturated heterocycles. The van der Waals surface area contributed by atoms with Crippen LogP contribution in [0.15, 0.2) is 48.8 Å². The van der Waals surface area contributed by atoms with Crippen molar-refractivity contribution in [2.75, 3.05) is 0 Å². The molecule has 2 aromatic rings. The molecule has 0 saturated carbocycles. The Balaban J connectivity index is 2.04. The van der Waals surface area contributed by atoms with Gasteiger partial charge < -0.3 is 5.11 Å². The summed E-state index contributed by atoms with van der Waals surface area (Å²) in [6.45, 7) is 0. The standard InChI is InChI=1S/C15H14F3NO/c16-15(17,18)13-3-1-2-12(10-13)14(20)5-4-11-6-8-19-9-7-11/h1-3,6-10,14,20H,4-5H2. The Morgan fingerprint density at radius 2 is 1.80 bits per heavy atom. The molecule has 0 aliphatic carbocycles. The predicted molar refractivity (Wildman–Crippen MR) is 69.0 cm³/mol. The lowest BCUT2D eigenvalue weighted by Gasteiger charge is -2.13. The van der Waals surface area contributed by atoms with Crippen LogP contribution in [0.2, 0.25) is 0 Å². The third kappa shape index (κ3) is 3.81. The molecule has 20 heavy (non-hydrogen) atoms. The molecular weight excluding hydrogens is 267 g/mol. The van der Waals surface area contributed by atoms with Crippen LogP contribution in [-0.4, -0.2) is 10.1 Å². The van der Waals surface area contributed by atoms with Gasteiger partial charge in [-0.3, -0.25) is 4.98 Å². The summed E-state index contributed by atoms with van der Waals surface area (Å²) in [7, 11) is 0. The Morgan fingerprint density at radius 3 is 2.45 bits per heavy atom. The second kappa shape index (κ2) is 6.05. The molecule has 1 heterocycles. The van der Waals surface area contributed by atoms with E-state index in [0.29, 0.717) is 12.8 Å². The number of halogens is 3. The number of rotatable bonds is 4. The van der Waals surface area contributed by atoms with E-state index in [1.165, 1.54) is 12.1 Å². The first-order chi connectivity index (χ1) is 9.47. The van der Waals surface area contributed by atoms with Crippen LogP contribution in [0.3, 0.4) is 0 Å². The molecule has 0 aliphatic rings. The Bertz CT molecular complexity index is 555. The molecule has 1 atom stereocenters. The maximum absolute atomic E-state index is 12.6. The van der Waals surface area contributed by atoms with Gasteiger partial charge in [-0.25, -0.2) is 0 Å². The van der Waals surface area contributed by atoms with Crippen molar-refractivity contribution >= 4 is 0 Å². The third-order valence-electron chi connectivity index (χ3n) is 3.05. The minimum Gasteiger partial charge on any atom is -0.388 e. The van der Waals surface area contributed by atoms with Crippen molar-refractivity contribution in [1.29, 1.82) is 0 Å². The van der Waals surface area contributed by atoms with E-state index >= 15 is 0 Å².